The number of carbonyl (C=O) groups is 1. The van der Waals surface area contributed by atoms with Gasteiger partial charge in [-0.1, -0.05) is 11.6 Å². The molecule has 0 aliphatic carbocycles. The summed E-state index contributed by atoms with van der Waals surface area (Å²) in [6.07, 6.45) is -4.92. The molecule has 4 N–H and O–H groups in total. The first-order valence-electron chi connectivity index (χ1n) is 9.73. The normalized spacial score (nSPS) is 25.9. The van der Waals surface area contributed by atoms with Crippen LogP contribution in [0.5, 0.6) is 5.75 Å². The molecule has 1 aliphatic heterocycles. The number of amides is 1. The maximum atomic E-state index is 11.7. The van der Waals surface area contributed by atoms with Gasteiger partial charge in [-0.15, -0.1) is 0 Å². The van der Waals surface area contributed by atoms with Crippen LogP contribution in [0.25, 0.3) is 0 Å². The van der Waals surface area contributed by atoms with E-state index in [-0.39, 0.29) is 11.4 Å². The zero-order chi connectivity index (χ0) is 22.7. The van der Waals surface area contributed by atoms with Crippen molar-refractivity contribution in [2.24, 2.45) is 0 Å². The van der Waals surface area contributed by atoms with Crippen LogP contribution >= 0.6 is 23.8 Å². The highest BCUT2D eigenvalue weighted by atomic mass is 35.5. The van der Waals surface area contributed by atoms with E-state index >= 15 is 0 Å². The summed E-state index contributed by atoms with van der Waals surface area (Å²) in [4.78, 5) is 11.7. The van der Waals surface area contributed by atoms with Crippen LogP contribution in [0.15, 0.2) is 24.3 Å². The molecule has 0 spiro atoms. The Labute approximate surface area is 189 Å². The van der Waals surface area contributed by atoms with E-state index in [0.29, 0.717) is 23.1 Å². The number of aliphatic hydroxyl groups excluding tert-OH is 3. The molecule has 1 aliphatic rings. The number of nitrogens with zero attached hydrogens (tertiary/aromatic N) is 3. The molecule has 0 unspecified atom stereocenters. The number of benzene rings is 1. The van der Waals surface area contributed by atoms with E-state index in [1.807, 2.05) is 6.92 Å². The first-order chi connectivity index (χ1) is 14.8. The van der Waals surface area contributed by atoms with Crippen LogP contribution in [0.2, 0.25) is 5.02 Å². The van der Waals surface area contributed by atoms with Crippen molar-refractivity contribution in [1.82, 2.24) is 19.7 Å². The van der Waals surface area contributed by atoms with Crippen LogP contribution in [0.3, 0.4) is 0 Å². The molecular weight excluding hydrogens is 448 g/mol. The monoisotopic (exact) mass is 472 g/mol. The van der Waals surface area contributed by atoms with Crippen LogP contribution in [0, 0.1) is 4.77 Å². The highest BCUT2D eigenvalue weighted by Gasteiger charge is 2.46. The van der Waals surface area contributed by atoms with E-state index < -0.39 is 43.1 Å². The Hall–Kier alpha value is -2.02. The van der Waals surface area contributed by atoms with Crippen LogP contribution in [-0.2, 0) is 22.7 Å². The zero-order valence-corrected chi connectivity index (χ0v) is 18.6. The molecule has 5 atom stereocenters. The quantitative estimate of drug-likeness (QED) is 0.435. The Morgan fingerprint density at radius 2 is 2.00 bits per heavy atom. The SMILES string of the molecule is CCn1c(COc2ccc(Cl)cc2)nn([C@@H]2O[C@H](CO)[C@@H](O)[C@H](O)[C@H]2NC(C)=O)c1=S. The summed E-state index contributed by atoms with van der Waals surface area (Å²) in [7, 11) is 0. The summed E-state index contributed by atoms with van der Waals surface area (Å²) >= 11 is 11.4. The number of carbonyl (C=O) groups excluding carboxylic acids is 1. The van der Waals surface area contributed by atoms with E-state index in [9.17, 15) is 20.1 Å². The number of aromatic nitrogens is 3. The smallest absolute Gasteiger partial charge is 0.217 e. The standard InChI is InChI=1S/C19H25ClN4O6S/c1-3-23-14(9-29-12-6-4-11(20)5-7-12)22-24(19(23)31)18-15(21-10(2)26)17(28)16(27)13(8-25)30-18/h4-7,13,15-18,25,27-28H,3,8-9H2,1-2H3,(H,21,26)/t13-,15-,16-,17-,18-/m1/s1. The molecule has 10 nitrogen and oxygen atoms in total. The molecule has 0 saturated carbocycles. The van der Waals surface area contributed by atoms with Crippen molar-refractivity contribution in [3.8, 4) is 5.75 Å². The summed E-state index contributed by atoms with van der Waals surface area (Å²) in [6, 6.07) is 5.83. The lowest BCUT2D eigenvalue weighted by Gasteiger charge is -2.42. The van der Waals surface area contributed by atoms with Crippen LogP contribution in [-0.4, -0.2) is 66.5 Å². The summed E-state index contributed by atoms with van der Waals surface area (Å²) in [5, 5.41) is 38.0. The summed E-state index contributed by atoms with van der Waals surface area (Å²) in [5.41, 5.74) is 0. The van der Waals surface area contributed by atoms with E-state index in [0.717, 1.165) is 0 Å². The summed E-state index contributed by atoms with van der Waals surface area (Å²) in [5.74, 6) is 0.658. The van der Waals surface area contributed by atoms with E-state index in [4.69, 9.17) is 33.3 Å². The Morgan fingerprint density at radius 3 is 2.58 bits per heavy atom. The average molecular weight is 473 g/mol. The highest BCUT2D eigenvalue weighted by Crippen LogP contribution is 2.29. The molecule has 31 heavy (non-hydrogen) atoms. The molecule has 1 saturated heterocycles. The number of ether oxygens (including phenoxy) is 2. The Balaban J connectivity index is 1.92. The minimum absolute atomic E-state index is 0.0955. The lowest BCUT2D eigenvalue weighted by Crippen LogP contribution is -2.62. The van der Waals surface area contributed by atoms with Crippen molar-refractivity contribution >= 4 is 29.7 Å². The van der Waals surface area contributed by atoms with Crippen LogP contribution < -0.4 is 10.1 Å². The van der Waals surface area contributed by atoms with Gasteiger partial charge in [0.1, 0.15) is 36.7 Å². The molecular formula is C19H25ClN4O6S. The van der Waals surface area contributed by atoms with Gasteiger partial charge in [-0.2, -0.15) is 5.10 Å². The van der Waals surface area contributed by atoms with E-state index in [1.54, 1.807) is 28.8 Å². The third-order valence-corrected chi connectivity index (χ3v) is 5.63. The molecule has 12 heteroatoms. The zero-order valence-electron chi connectivity index (χ0n) is 17.0. The maximum absolute atomic E-state index is 11.7. The summed E-state index contributed by atoms with van der Waals surface area (Å²) in [6.45, 7) is 3.22. The molecule has 2 aromatic rings. The fourth-order valence-electron chi connectivity index (χ4n) is 3.42. The molecule has 0 bridgehead atoms. The van der Waals surface area contributed by atoms with Gasteiger partial charge in [-0.25, -0.2) is 4.68 Å². The first-order valence-corrected chi connectivity index (χ1v) is 10.5. The Morgan fingerprint density at radius 1 is 1.32 bits per heavy atom. The maximum Gasteiger partial charge on any atom is 0.217 e. The third-order valence-electron chi connectivity index (χ3n) is 4.97. The van der Waals surface area contributed by atoms with Crippen molar-refractivity contribution in [3.63, 3.8) is 0 Å². The van der Waals surface area contributed by atoms with Crippen LogP contribution in [0.1, 0.15) is 25.9 Å². The van der Waals surface area contributed by atoms with Gasteiger partial charge in [0.2, 0.25) is 5.91 Å². The predicted molar refractivity (Wildman–Crippen MR) is 113 cm³/mol. The number of nitrogens with one attached hydrogen (secondary N) is 1. The highest BCUT2D eigenvalue weighted by molar-refractivity contribution is 7.71. The van der Waals surface area contributed by atoms with Gasteiger partial charge in [-0.3, -0.25) is 4.79 Å². The topological polar surface area (TPSA) is 131 Å². The fraction of sp³-hybridized carbons (Fsp3) is 0.526. The van der Waals surface area contributed by atoms with Gasteiger partial charge < -0.3 is 34.7 Å². The van der Waals surface area contributed by atoms with Gasteiger partial charge in [-0.05, 0) is 43.4 Å². The molecule has 1 fully saturated rings. The van der Waals surface area contributed by atoms with Gasteiger partial charge in [0.05, 0.1) is 6.61 Å². The van der Waals surface area contributed by atoms with Crippen LogP contribution in [0.4, 0.5) is 0 Å². The fourth-order valence-corrected chi connectivity index (χ4v) is 3.93. The molecule has 1 aromatic heterocycles. The van der Waals surface area contributed by atoms with Crippen molar-refractivity contribution < 1.29 is 29.6 Å². The predicted octanol–water partition coefficient (Wildman–Crippen LogP) is 0.783. The Kier molecular flexibility index (Phi) is 7.68. The Bertz CT molecular complexity index is 965. The molecule has 2 heterocycles. The van der Waals surface area contributed by atoms with Crippen molar-refractivity contribution in [3.05, 3.63) is 39.9 Å². The van der Waals surface area contributed by atoms with Gasteiger partial charge in [0.25, 0.3) is 0 Å². The molecule has 0 radical (unpaired) electrons. The van der Waals surface area contributed by atoms with E-state index in [1.165, 1.54) is 11.6 Å². The second kappa shape index (κ2) is 10.1. The third kappa shape index (κ3) is 5.08. The van der Waals surface area contributed by atoms with Gasteiger partial charge >= 0.3 is 0 Å². The molecule has 1 aromatic carbocycles. The first kappa shape index (κ1) is 23.6. The lowest BCUT2D eigenvalue weighted by atomic mass is 9.96. The lowest BCUT2D eigenvalue weighted by molar-refractivity contribution is -0.219. The summed E-state index contributed by atoms with van der Waals surface area (Å²) < 4.78 is 14.9. The minimum Gasteiger partial charge on any atom is -0.486 e. The minimum atomic E-state index is -1.40. The number of rotatable bonds is 7. The number of hydrogen-bond acceptors (Lipinski definition) is 8. The second-order valence-corrected chi connectivity index (χ2v) is 7.89. The molecule has 1 amide bonds. The number of aliphatic hydroxyl groups is 3. The van der Waals surface area contributed by atoms with Crippen molar-refractivity contribution in [2.45, 2.75) is 57.6 Å². The second-order valence-electron chi connectivity index (χ2n) is 7.09. The molecule has 170 valence electrons. The number of halogens is 1. The average Bonchev–Trinajstić information content (AvgIpc) is 3.06. The number of hydrogen-bond donors (Lipinski definition) is 4. The van der Waals surface area contributed by atoms with Gasteiger partial charge in [0, 0.05) is 18.5 Å². The van der Waals surface area contributed by atoms with Gasteiger partial charge in [0.15, 0.2) is 16.8 Å². The largest absolute Gasteiger partial charge is 0.486 e. The van der Waals surface area contributed by atoms with Crippen molar-refractivity contribution in [2.75, 3.05) is 6.61 Å². The van der Waals surface area contributed by atoms with E-state index in [2.05, 4.69) is 10.4 Å². The molecule has 3 rings (SSSR count). The van der Waals surface area contributed by atoms with Crippen molar-refractivity contribution in [1.29, 1.82) is 0 Å².